The van der Waals surface area contributed by atoms with Crippen LogP contribution in [-0.4, -0.2) is 34.6 Å². The molecule has 0 atom stereocenters. The van der Waals surface area contributed by atoms with Crippen molar-refractivity contribution in [3.63, 3.8) is 0 Å². The van der Waals surface area contributed by atoms with Gasteiger partial charge in [0, 0.05) is 6.07 Å². The van der Waals surface area contributed by atoms with E-state index in [-0.39, 0.29) is 12.7 Å². The van der Waals surface area contributed by atoms with Crippen LogP contribution in [0.25, 0.3) is 0 Å². The van der Waals surface area contributed by atoms with Gasteiger partial charge in [0.25, 0.3) is 0 Å². The Kier molecular flexibility index (Phi) is 2.37. The molecule has 2 heterocycles. The second-order valence-electron chi connectivity index (χ2n) is 2.82. The number of aliphatic hydroxyl groups is 1. The van der Waals surface area contributed by atoms with Gasteiger partial charge in [0.2, 0.25) is 0 Å². The van der Waals surface area contributed by atoms with Gasteiger partial charge in [0.15, 0.2) is 0 Å². The van der Waals surface area contributed by atoms with E-state index in [4.69, 9.17) is 14.6 Å². The van der Waals surface area contributed by atoms with Crippen LogP contribution in [-0.2, 0) is 11.3 Å². The van der Waals surface area contributed by atoms with Crippen LogP contribution in [0.3, 0.4) is 0 Å². The first-order valence-corrected chi connectivity index (χ1v) is 4.05. The molecular formula is C8H10N2O3. The minimum absolute atomic E-state index is 0.120. The fourth-order valence-corrected chi connectivity index (χ4v) is 1.01. The molecule has 0 aromatic carbocycles. The Morgan fingerprint density at radius 3 is 3.08 bits per heavy atom. The maximum absolute atomic E-state index is 8.78. The first-order valence-electron chi connectivity index (χ1n) is 4.05. The van der Waals surface area contributed by atoms with Gasteiger partial charge in [-0.1, -0.05) is 0 Å². The van der Waals surface area contributed by atoms with Crippen LogP contribution in [0, 0.1) is 0 Å². The van der Waals surface area contributed by atoms with Crippen molar-refractivity contribution >= 4 is 0 Å². The average molecular weight is 182 g/mol. The minimum atomic E-state index is -0.120. The summed E-state index contributed by atoms with van der Waals surface area (Å²) in [4.78, 5) is 0. The van der Waals surface area contributed by atoms with Gasteiger partial charge in [0.1, 0.15) is 11.9 Å². The number of rotatable bonds is 3. The first-order chi connectivity index (χ1) is 6.38. The molecule has 0 bridgehead atoms. The lowest BCUT2D eigenvalue weighted by Crippen LogP contribution is -2.38. The molecule has 1 aliphatic rings. The lowest BCUT2D eigenvalue weighted by Gasteiger charge is -2.26. The molecule has 1 fully saturated rings. The van der Waals surface area contributed by atoms with Gasteiger partial charge in [-0.25, -0.2) is 0 Å². The average Bonchev–Trinajstić information content (AvgIpc) is 2.12. The standard InChI is InChI=1S/C8H10N2O3/c11-3-6-1-7(2-9-10-6)13-8-4-12-5-8/h1-2,8,11H,3-5H2. The van der Waals surface area contributed by atoms with Crippen LogP contribution in [0.5, 0.6) is 5.75 Å². The van der Waals surface area contributed by atoms with E-state index in [1.165, 1.54) is 6.20 Å². The first kappa shape index (κ1) is 8.40. The van der Waals surface area contributed by atoms with Crippen molar-refractivity contribution in [2.75, 3.05) is 13.2 Å². The SMILES string of the molecule is OCc1cc(OC2COC2)cnn1. The quantitative estimate of drug-likeness (QED) is 0.698. The van der Waals surface area contributed by atoms with Gasteiger partial charge >= 0.3 is 0 Å². The topological polar surface area (TPSA) is 64.5 Å². The zero-order valence-corrected chi connectivity index (χ0v) is 7.01. The number of aliphatic hydroxyl groups excluding tert-OH is 1. The molecule has 70 valence electrons. The summed E-state index contributed by atoms with van der Waals surface area (Å²) in [5.74, 6) is 0.632. The van der Waals surface area contributed by atoms with E-state index in [1.54, 1.807) is 6.07 Å². The number of hydrogen-bond donors (Lipinski definition) is 1. The van der Waals surface area contributed by atoms with Gasteiger partial charge in [-0.15, -0.1) is 0 Å². The Hall–Kier alpha value is -1.20. The van der Waals surface area contributed by atoms with E-state index in [0.29, 0.717) is 24.7 Å². The molecule has 0 radical (unpaired) electrons. The molecule has 5 nitrogen and oxygen atoms in total. The van der Waals surface area contributed by atoms with Crippen molar-refractivity contribution in [1.82, 2.24) is 10.2 Å². The van der Waals surface area contributed by atoms with Crippen LogP contribution >= 0.6 is 0 Å². The summed E-state index contributed by atoms with van der Waals surface area (Å²) in [5.41, 5.74) is 0.512. The van der Waals surface area contributed by atoms with Crippen LogP contribution in [0.1, 0.15) is 5.69 Å². The molecule has 1 aromatic rings. The second-order valence-corrected chi connectivity index (χ2v) is 2.82. The van der Waals surface area contributed by atoms with Crippen LogP contribution < -0.4 is 4.74 Å². The fourth-order valence-electron chi connectivity index (χ4n) is 1.01. The summed E-state index contributed by atoms with van der Waals surface area (Å²) in [5, 5.41) is 16.2. The highest BCUT2D eigenvalue weighted by Crippen LogP contribution is 2.14. The third-order valence-corrected chi connectivity index (χ3v) is 1.75. The van der Waals surface area contributed by atoms with E-state index in [9.17, 15) is 0 Å². The van der Waals surface area contributed by atoms with Gasteiger partial charge in [-0.2, -0.15) is 10.2 Å². The Morgan fingerprint density at radius 2 is 2.46 bits per heavy atom. The van der Waals surface area contributed by atoms with E-state index in [2.05, 4.69) is 10.2 Å². The number of ether oxygens (including phenoxy) is 2. The lowest BCUT2D eigenvalue weighted by atomic mass is 10.3. The van der Waals surface area contributed by atoms with E-state index < -0.39 is 0 Å². The van der Waals surface area contributed by atoms with Gasteiger partial charge < -0.3 is 14.6 Å². The van der Waals surface area contributed by atoms with Crippen molar-refractivity contribution in [1.29, 1.82) is 0 Å². The summed E-state index contributed by atoms with van der Waals surface area (Å²) in [7, 11) is 0. The van der Waals surface area contributed by atoms with E-state index >= 15 is 0 Å². The predicted molar refractivity (Wildman–Crippen MR) is 43.2 cm³/mol. The van der Waals surface area contributed by atoms with Crippen molar-refractivity contribution < 1.29 is 14.6 Å². The van der Waals surface area contributed by atoms with Crippen molar-refractivity contribution in [3.05, 3.63) is 18.0 Å². The molecule has 1 aromatic heterocycles. The molecule has 1 aliphatic heterocycles. The zero-order chi connectivity index (χ0) is 9.10. The van der Waals surface area contributed by atoms with Crippen LogP contribution in [0.2, 0.25) is 0 Å². The summed E-state index contributed by atoms with van der Waals surface area (Å²) in [6.45, 7) is 1.12. The molecule has 0 unspecified atom stereocenters. The maximum atomic E-state index is 8.78. The fraction of sp³-hybridized carbons (Fsp3) is 0.500. The second kappa shape index (κ2) is 3.68. The third kappa shape index (κ3) is 1.93. The molecule has 1 N–H and O–H groups in total. The molecule has 0 saturated carbocycles. The minimum Gasteiger partial charge on any atom is -0.484 e. The van der Waals surface area contributed by atoms with Gasteiger partial charge in [-0.05, 0) is 0 Å². The molecule has 0 amide bonds. The number of nitrogens with zero attached hydrogens (tertiary/aromatic N) is 2. The van der Waals surface area contributed by atoms with Gasteiger partial charge in [-0.3, -0.25) is 0 Å². The molecule has 5 heteroatoms. The van der Waals surface area contributed by atoms with Crippen LogP contribution in [0.15, 0.2) is 12.3 Å². The summed E-state index contributed by atoms with van der Waals surface area (Å²) >= 11 is 0. The highest BCUT2D eigenvalue weighted by atomic mass is 16.6. The van der Waals surface area contributed by atoms with Crippen molar-refractivity contribution in [2.24, 2.45) is 0 Å². The molecule has 2 rings (SSSR count). The number of hydrogen-bond acceptors (Lipinski definition) is 5. The summed E-state index contributed by atoms with van der Waals surface area (Å²) < 4.78 is 10.4. The monoisotopic (exact) mass is 182 g/mol. The van der Waals surface area contributed by atoms with Gasteiger partial charge in [0.05, 0.1) is 31.7 Å². The largest absolute Gasteiger partial charge is 0.484 e. The zero-order valence-electron chi connectivity index (χ0n) is 7.01. The summed E-state index contributed by atoms with van der Waals surface area (Å²) in [6, 6.07) is 1.67. The normalized spacial score (nSPS) is 16.7. The molecular weight excluding hydrogens is 172 g/mol. The molecule has 13 heavy (non-hydrogen) atoms. The Labute approximate surface area is 75.3 Å². The lowest BCUT2D eigenvalue weighted by molar-refractivity contribution is -0.0799. The molecule has 0 aliphatic carbocycles. The third-order valence-electron chi connectivity index (χ3n) is 1.75. The van der Waals surface area contributed by atoms with Crippen molar-refractivity contribution in [3.8, 4) is 5.75 Å². The van der Waals surface area contributed by atoms with Crippen molar-refractivity contribution in [2.45, 2.75) is 12.7 Å². The molecule has 1 saturated heterocycles. The Balaban J connectivity index is 2.01. The predicted octanol–water partition coefficient (Wildman–Crippen LogP) is -0.254. The Bertz CT molecular complexity index is 288. The van der Waals surface area contributed by atoms with E-state index in [1.807, 2.05) is 0 Å². The highest BCUT2D eigenvalue weighted by molar-refractivity contribution is 5.19. The number of aromatic nitrogens is 2. The Morgan fingerprint density at radius 1 is 1.62 bits per heavy atom. The van der Waals surface area contributed by atoms with Crippen LogP contribution in [0.4, 0.5) is 0 Å². The highest BCUT2D eigenvalue weighted by Gasteiger charge is 2.20. The summed E-state index contributed by atoms with van der Waals surface area (Å²) in [6.07, 6.45) is 1.65. The molecule has 0 spiro atoms. The maximum Gasteiger partial charge on any atom is 0.145 e. The smallest absolute Gasteiger partial charge is 0.145 e. The van der Waals surface area contributed by atoms with E-state index in [0.717, 1.165) is 0 Å².